The number of rotatable bonds is 4. The van der Waals surface area contributed by atoms with Crippen LogP contribution in [0.4, 0.5) is 16.2 Å². The summed E-state index contributed by atoms with van der Waals surface area (Å²) < 4.78 is 5.67. The van der Waals surface area contributed by atoms with Gasteiger partial charge < -0.3 is 9.73 Å². The monoisotopic (exact) mass is 409 g/mol. The summed E-state index contributed by atoms with van der Waals surface area (Å²) in [7, 11) is 0. The molecule has 0 radical (unpaired) electrons. The first-order valence-corrected chi connectivity index (χ1v) is 8.77. The van der Waals surface area contributed by atoms with Crippen LogP contribution in [0.25, 0.3) is 17.4 Å². The van der Waals surface area contributed by atoms with Crippen molar-refractivity contribution in [2.24, 2.45) is 0 Å². The summed E-state index contributed by atoms with van der Waals surface area (Å²) in [5.74, 6) is 0.172. The average Bonchev–Trinajstić information content (AvgIpc) is 3.28. The van der Waals surface area contributed by atoms with Crippen LogP contribution >= 0.6 is 11.6 Å². The van der Waals surface area contributed by atoms with E-state index in [1.807, 2.05) is 0 Å². The quantitative estimate of drug-likeness (QED) is 0.293. The smallest absolute Gasteiger partial charge is 0.333 e. The number of nitro benzene ring substituents is 1. The molecule has 0 atom stereocenters. The van der Waals surface area contributed by atoms with Crippen LogP contribution in [-0.4, -0.2) is 16.9 Å². The molecule has 9 heteroatoms. The molecule has 144 valence electrons. The molecule has 1 N–H and O–H groups in total. The first kappa shape index (κ1) is 18.5. The largest absolute Gasteiger partial charge is 0.457 e. The molecule has 2 heterocycles. The highest BCUT2D eigenvalue weighted by molar-refractivity contribution is 6.31. The average molecular weight is 410 g/mol. The van der Waals surface area contributed by atoms with Gasteiger partial charge in [0, 0.05) is 28.8 Å². The number of furan rings is 1. The highest BCUT2D eigenvalue weighted by Crippen LogP contribution is 2.28. The van der Waals surface area contributed by atoms with Gasteiger partial charge in [0.1, 0.15) is 17.2 Å². The number of hydrogen-bond acceptors (Lipinski definition) is 5. The summed E-state index contributed by atoms with van der Waals surface area (Å²) in [6.45, 7) is 0. The van der Waals surface area contributed by atoms with Crippen molar-refractivity contribution in [2.75, 3.05) is 4.90 Å². The van der Waals surface area contributed by atoms with Gasteiger partial charge in [0.15, 0.2) is 0 Å². The Bertz CT molecular complexity index is 1170. The fraction of sp³-hybridized carbons (Fsp3) is 0. The Hall–Kier alpha value is -3.91. The molecule has 2 aromatic carbocycles. The minimum Gasteiger partial charge on any atom is -0.457 e. The van der Waals surface area contributed by atoms with Gasteiger partial charge >= 0.3 is 6.03 Å². The Morgan fingerprint density at radius 3 is 2.55 bits per heavy atom. The van der Waals surface area contributed by atoms with Gasteiger partial charge in [-0.1, -0.05) is 23.7 Å². The predicted octanol–water partition coefficient (Wildman–Crippen LogP) is 4.61. The standard InChI is InChI=1S/C20H12ClN3O5/c21-13-4-6-14(7-5-13)23-19(25)17(22-20(23)26)11-16-8-9-18(29-16)12-2-1-3-15(10-12)24(27)28/h1-11H,(H,22,26)/b17-11+. The van der Waals surface area contributed by atoms with Crippen LogP contribution in [-0.2, 0) is 4.79 Å². The summed E-state index contributed by atoms with van der Waals surface area (Å²) >= 11 is 5.84. The minimum absolute atomic E-state index is 0.0462. The third-order valence-electron chi connectivity index (χ3n) is 4.22. The van der Waals surface area contributed by atoms with E-state index in [0.29, 0.717) is 27.8 Å². The SMILES string of the molecule is O=C1N/C(=C/c2ccc(-c3cccc([N+](=O)[O-])c3)o2)C(=O)N1c1ccc(Cl)cc1. The molecule has 1 fully saturated rings. The molecule has 0 unspecified atom stereocenters. The molecule has 29 heavy (non-hydrogen) atoms. The van der Waals surface area contributed by atoms with Crippen LogP contribution in [0.15, 0.2) is 70.8 Å². The van der Waals surface area contributed by atoms with Gasteiger partial charge in [0.25, 0.3) is 11.6 Å². The first-order chi connectivity index (χ1) is 13.9. The zero-order chi connectivity index (χ0) is 20.5. The number of urea groups is 1. The topological polar surface area (TPSA) is 106 Å². The maximum Gasteiger partial charge on any atom is 0.333 e. The van der Waals surface area contributed by atoms with Gasteiger partial charge in [-0.05, 0) is 36.4 Å². The number of hydrogen-bond donors (Lipinski definition) is 1. The van der Waals surface area contributed by atoms with Crippen LogP contribution in [0.5, 0.6) is 0 Å². The van der Waals surface area contributed by atoms with Crippen molar-refractivity contribution >= 4 is 41.0 Å². The molecule has 1 aliphatic rings. The molecule has 0 aliphatic carbocycles. The van der Waals surface area contributed by atoms with E-state index in [1.165, 1.54) is 18.2 Å². The van der Waals surface area contributed by atoms with Crippen molar-refractivity contribution in [3.63, 3.8) is 0 Å². The van der Waals surface area contributed by atoms with E-state index in [4.69, 9.17) is 16.0 Å². The van der Waals surface area contributed by atoms with Gasteiger partial charge in [-0.15, -0.1) is 0 Å². The lowest BCUT2D eigenvalue weighted by Gasteiger charge is -2.11. The van der Waals surface area contributed by atoms with E-state index in [0.717, 1.165) is 4.90 Å². The Morgan fingerprint density at radius 1 is 1.07 bits per heavy atom. The van der Waals surface area contributed by atoms with Crippen LogP contribution in [0, 0.1) is 10.1 Å². The number of halogens is 1. The zero-order valence-corrected chi connectivity index (χ0v) is 15.4. The van der Waals surface area contributed by atoms with Gasteiger partial charge in [-0.3, -0.25) is 14.9 Å². The summed E-state index contributed by atoms with van der Waals surface area (Å²) in [5, 5.41) is 13.9. The van der Waals surface area contributed by atoms with Crippen LogP contribution < -0.4 is 10.2 Å². The zero-order valence-electron chi connectivity index (χ0n) is 14.7. The number of benzene rings is 2. The lowest BCUT2D eigenvalue weighted by molar-refractivity contribution is -0.384. The number of anilines is 1. The fourth-order valence-electron chi connectivity index (χ4n) is 2.86. The maximum absolute atomic E-state index is 12.6. The molecule has 3 aromatic rings. The van der Waals surface area contributed by atoms with Gasteiger partial charge in [-0.25, -0.2) is 9.69 Å². The molecule has 4 rings (SSSR count). The lowest BCUT2D eigenvalue weighted by Crippen LogP contribution is -2.30. The molecule has 1 aromatic heterocycles. The van der Waals surface area contributed by atoms with Crippen molar-refractivity contribution < 1.29 is 18.9 Å². The number of non-ortho nitro benzene ring substituents is 1. The number of carbonyl (C=O) groups excluding carboxylic acids is 2. The highest BCUT2D eigenvalue weighted by Gasteiger charge is 2.35. The molecule has 3 amide bonds. The number of nitro groups is 1. The molecule has 1 aliphatic heterocycles. The molecule has 0 spiro atoms. The van der Waals surface area contributed by atoms with E-state index >= 15 is 0 Å². The summed E-state index contributed by atoms with van der Waals surface area (Å²) in [5.41, 5.74) is 0.894. The van der Waals surface area contributed by atoms with E-state index in [1.54, 1.807) is 48.5 Å². The van der Waals surface area contributed by atoms with Crippen molar-refractivity contribution in [3.8, 4) is 11.3 Å². The number of imide groups is 1. The Kier molecular flexibility index (Phi) is 4.61. The summed E-state index contributed by atoms with van der Waals surface area (Å²) in [6.07, 6.45) is 1.40. The second kappa shape index (κ2) is 7.25. The van der Waals surface area contributed by atoms with Gasteiger partial charge in [-0.2, -0.15) is 0 Å². The number of nitrogens with zero attached hydrogens (tertiary/aromatic N) is 2. The second-order valence-electron chi connectivity index (χ2n) is 6.11. The van der Waals surface area contributed by atoms with Crippen molar-refractivity contribution in [2.45, 2.75) is 0 Å². The van der Waals surface area contributed by atoms with Gasteiger partial charge in [0.2, 0.25) is 0 Å². The fourth-order valence-corrected chi connectivity index (χ4v) is 2.99. The minimum atomic E-state index is -0.589. The van der Waals surface area contributed by atoms with Crippen molar-refractivity contribution in [1.29, 1.82) is 0 Å². The van der Waals surface area contributed by atoms with E-state index in [9.17, 15) is 19.7 Å². The molecular formula is C20H12ClN3O5. The molecule has 8 nitrogen and oxygen atoms in total. The lowest BCUT2D eigenvalue weighted by atomic mass is 10.1. The summed E-state index contributed by atoms with van der Waals surface area (Å²) in [6, 6.07) is 14.9. The Labute approximate surface area is 169 Å². The Morgan fingerprint density at radius 2 is 1.83 bits per heavy atom. The number of carbonyl (C=O) groups is 2. The maximum atomic E-state index is 12.6. The third kappa shape index (κ3) is 3.61. The van der Waals surface area contributed by atoms with Crippen molar-refractivity contribution in [1.82, 2.24) is 5.32 Å². The molecule has 1 saturated heterocycles. The normalized spacial score (nSPS) is 15.1. The highest BCUT2D eigenvalue weighted by atomic mass is 35.5. The van der Waals surface area contributed by atoms with Crippen LogP contribution in [0.1, 0.15) is 5.76 Å². The summed E-state index contributed by atoms with van der Waals surface area (Å²) in [4.78, 5) is 36.3. The first-order valence-electron chi connectivity index (χ1n) is 8.40. The molecule has 0 bridgehead atoms. The molecule has 0 saturated carbocycles. The van der Waals surface area contributed by atoms with Crippen LogP contribution in [0.3, 0.4) is 0 Å². The van der Waals surface area contributed by atoms with E-state index in [2.05, 4.69) is 5.32 Å². The Balaban J connectivity index is 1.60. The molecular weight excluding hydrogens is 398 g/mol. The third-order valence-corrected chi connectivity index (χ3v) is 4.47. The van der Waals surface area contributed by atoms with Crippen LogP contribution in [0.2, 0.25) is 5.02 Å². The number of amides is 3. The second-order valence-corrected chi connectivity index (χ2v) is 6.55. The van der Waals surface area contributed by atoms with E-state index < -0.39 is 16.9 Å². The predicted molar refractivity (Wildman–Crippen MR) is 106 cm³/mol. The van der Waals surface area contributed by atoms with E-state index in [-0.39, 0.29) is 11.4 Å². The number of nitrogens with one attached hydrogen (secondary N) is 1. The van der Waals surface area contributed by atoms with Crippen molar-refractivity contribution in [3.05, 3.63) is 87.3 Å². The van der Waals surface area contributed by atoms with Gasteiger partial charge in [0.05, 0.1) is 10.6 Å².